The summed E-state index contributed by atoms with van der Waals surface area (Å²) in [5.41, 5.74) is 4.30. The molecular formula is C26H28N4O3S. The van der Waals surface area contributed by atoms with E-state index in [1.807, 2.05) is 52.8 Å². The van der Waals surface area contributed by atoms with Crippen molar-refractivity contribution < 1.29 is 13.9 Å². The molecule has 0 bridgehead atoms. The summed E-state index contributed by atoms with van der Waals surface area (Å²) < 4.78 is 14.8. The highest BCUT2D eigenvalue weighted by atomic mass is 32.1. The van der Waals surface area contributed by atoms with Crippen molar-refractivity contribution in [2.24, 2.45) is 0 Å². The fraction of sp³-hybridized carbons (Fsp3) is 0.269. The van der Waals surface area contributed by atoms with Crippen LogP contribution in [-0.2, 0) is 29.3 Å². The van der Waals surface area contributed by atoms with Crippen LogP contribution in [-0.4, -0.2) is 38.9 Å². The highest BCUT2D eigenvalue weighted by Crippen LogP contribution is 2.25. The SMILES string of the molecule is COC(=O)CN(Cc1ccccc1C)Cn1nc(-c2ccoc2C)n(Cc2ccccc2)c1=S. The van der Waals surface area contributed by atoms with E-state index in [9.17, 15) is 4.79 Å². The molecule has 4 aromatic rings. The van der Waals surface area contributed by atoms with E-state index >= 15 is 0 Å². The lowest BCUT2D eigenvalue weighted by Gasteiger charge is -2.21. The molecule has 0 radical (unpaired) electrons. The number of rotatable bonds is 9. The Kier molecular flexibility index (Phi) is 7.40. The maximum atomic E-state index is 12.2. The summed E-state index contributed by atoms with van der Waals surface area (Å²) in [5, 5.41) is 4.87. The minimum absolute atomic E-state index is 0.123. The number of aryl methyl sites for hydroxylation is 2. The maximum Gasteiger partial charge on any atom is 0.319 e. The van der Waals surface area contributed by atoms with Crippen molar-refractivity contribution in [1.82, 2.24) is 19.2 Å². The van der Waals surface area contributed by atoms with Crippen LogP contribution in [0.15, 0.2) is 71.3 Å². The summed E-state index contributed by atoms with van der Waals surface area (Å²) in [6.45, 7) is 5.58. The van der Waals surface area contributed by atoms with E-state index in [1.54, 1.807) is 10.9 Å². The summed E-state index contributed by atoms with van der Waals surface area (Å²) in [4.78, 5) is 14.2. The van der Waals surface area contributed by atoms with Crippen LogP contribution in [0, 0.1) is 18.6 Å². The van der Waals surface area contributed by atoms with E-state index in [2.05, 4.69) is 31.2 Å². The third-order valence-electron chi connectivity index (χ3n) is 5.78. The van der Waals surface area contributed by atoms with Crippen LogP contribution in [0.4, 0.5) is 0 Å². The van der Waals surface area contributed by atoms with Crippen molar-refractivity contribution in [2.75, 3.05) is 13.7 Å². The molecule has 4 rings (SSSR count). The molecule has 2 aromatic heterocycles. The van der Waals surface area contributed by atoms with Gasteiger partial charge in [0, 0.05) is 6.54 Å². The largest absolute Gasteiger partial charge is 0.469 e. The van der Waals surface area contributed by atoms with Crippen LogP contribution >= 0.6 is 12.2 Å². The van der Waals surface area contributed by atoms with Crippen molar-refractivity contribution >= 4 is 18.2 Å². The van der Waals surface area contributed by atoms with Gasteiger partial charge in [0.05, 0.1) is 38.7 Å². The van der Waals surface area contributed by atoms with Gasteiger partial charge in [-0.15, -0.1) is 0 Å². The molecule has 34 heavy (non-hydrogen) atoms. The van der Waals surface area contributed by atoms with Gasteiger partial charge in [-0.25, -0.2) is 4.68 Å². The minimum Gasteiger partial charge on any atom is -0.469 e. The molecule has 0 saturated heterocycles. The van der Waals surface area contributed by atoms with Crippen LogP contribution in [0.5, 0.6) is 0 Å². The van der Waals surface area contributed by atoms with Gasteiger partial charge >= 0.3 is 5.97 Å². The first-order chi connectivity index (χ1) is 16.5. The van der Waals surface area contributed by atoms with Gasteiger partial charge in [-0.05, 0) is 48.8 Å². The fourth-order valence-corrected chi connectivity index (χ4v) is 4.13. The van der Waals surface area contributed by atoms with Gasteiger partial charge in [-0.2, -0.15) is 5.10 Å². The summed E-state index contributed by atoms with van der Waals surface area (Å²) in [5.74, 6) is 1.19. The lowest BCUT2D eigenvalue weighted by molar-refractivity contribution is -0.142. The molecule has 0 spiro atoms. The van der Waals surface area contributed by atoms with E-state index in [-0.39, 0.29) is 12.5 Å². The number of ether oxygens (including phenoxy) is 1. The van der Waals surface area contributed by atoms with Gasteiger partial charge in [-0.3, -0.25) is 14.3 Å². The summed E-state index contributed by atoms with van der Waals surface area (Å²) >= 11 is 5.87. The van der Waals surface area contributed by atoms with E-state index in [1.165, 1.54) is 7.11 Å². The van der Waals surface area contributed by atoms with Gasteiger partial charge in [0.25, 0.3) is 0 Å². The van der Waals surface area contributed by atoms with E-state index in [0.717, 1.165) is 33.8 Å². The van der Waals surface area contributed by atoms with Crippen LogP contribution in [0.3, 0.4) is 0 Å². The Morgan fingerprint density at radius 2 is 1.82 bits per heavy atom. The highest BCUT2D eigenvalue weighted by molar-refractivity contribution is 7.71. The van der Waals surface area contributed by atoms with E-state index in [0.29, 0.717) is 24.5 Å². The number of hydrogen-bond donors (Lipinski definition) is 0. The molecule has 7 nitrogen and oxygen atoms in total. The van der Waals surface area contributed by atoms with Crippen molar-refractivity contribution in [1.29, 1.82) is 0 Å². The van der Waals surface area contributed by atoms with Crippen molar-refractivity contribution in [2.45, 2.75) is 33.6 Å². The number of nitrogens with zero attached hydrogens (tertiary/aromatic N) is 4. The van der Waals surface area contributed by atoms with Gasteiger partial charge in [0.1, 0.15) is 5.76 Å². The topological polar surface area (TPSA) is 65.4 Å². The lowest BCUT2D eigenvalue weighted by Crippen LogP contribution is -2.33. The van der Waals surface area contributed by atoms with Gasteiger partial charge in [0.15, 0.2) is 10.6 Å². The molecule has 176 valence electrons. The lowest BCUT2D eigenvalue weighted by atomic mass is 10.1. The molecule has 0 aliphatic heterocycles. The third kappa shape index (κ3) is 5.35. The first-order valence-corrected chi connectivity index (χ1v) is 11.5. The number of carbonyl (C=O) groups is 1. The van der Waals surface area contributed by atoms with Gasteiger partial charge in [-0.1, -0.05) is 54.6 Å². The second-order valence-corrected chi connectivity index (χ2v) is 8.56. The molecule has 2 aromatic carbocycles. The standard InChI is InChI=1S/C26H28N4O3S/c1-19-9-7-8-12-22(19)16-28(17-24(31)32-3)18-30-26(34)29(15-21-10-5-4-6-11-21)25(27-30)23-13-14-33-20(23)2/h4-14H,15-18H2,1-3H3. The maximum absolute atomic E-state index is 12.2. The number of methoxy groups -OCH3 is 1. The molecular weight excluding hydrogens is 448 g/mol. The van der Waals surface area contributed by atoms with Crippen LogP contribution in [0.25, 0.3) is 11.4 Å². The second kappa shape index (κ2) is 10.6. The third-order valence-corrected chi connectivity index (χ3v) is 6.21. The summed E-state index contributed by atoms with van der Waals surface area (Å²) in [6, 6.07) is 20.2. The van der Waals surface area contributed by atoms with Crippen LogP contribution in [0.2, 0.25) is 0 Å². The number of hydrogen-bond acceptors (Lipinski definition) is 6. The Hall–Kier alpha value is -3.49. The molecule has 0 N–H and O–H groups in total. The Bertz CT molecular complexity index is 1320. The molecule has 0 unspecified atom stereocenters. The summed E-state index contributed by atoms with van der Waals surface area (Å²) in [6.07, 6.45) is 1.65. The smallest absolute Gasteiger partial charge is 0.319 e. The number of esters is 1. The summed E-state index contributed by atoms with van der Waals surface area (Å²) in [7, 11) is 1.40. The number of benzene rings is 2. The quantitative estimate of drug-likeness (QED) is 0.251. The normalized spacial score (nSPS) is 11.2. The molecule has 0 fully saturated rings. The average Bonchev–Trinajstić information content (AvgIpc) is 3.39. The van der Waals surface area contributed by atoms with Crippen LogP contribution < -0.4 is 0 Å². The predicted octanol–water partition coefficient (Wildman–Crippen LogP) is 4.97. The average molecular weight is 477 g/mol. The monoisotopic (exact) mass is 476 g/mol. The Labute approximate surface area is 204 Å². The zero-order valence-corrected chi connectivity index (χ0v) is 20.4. The zero-order chi connectivity index (χ0) is 24.1. The number of aromatic nitrogens is 3. The highest BCUT2D eigenvalue weighted by Gasteiger charge is 2.20. The second-order valence-electron chi connectivity index (χ2n) is 8.20. The van der Waals surface area contributed by atoms with Crippen molar-refractivity contribution in [3.8, 4) is 11.4 Å². The van der Waals surface area contributed by atoms with Crippen molar-refractivity contribution in [3.63, 3.8) is 0 Å². The van der Waals surface area contributed by atoms with E-state index < -0.39 is 0 Å². The minimum atomic E-state index is -0.310. The molecule has 0 saturated carbocycles. The molecule has 8 heteroatoms. The molecule has 0 atom stereocenters. The first kappa shape index (κ1) is 23.7. The fourth-order valence-electron chi connectivity index (χ4n) is 3.88. The molecule has 0 aliphatic carbocycles. The zero-order valence-electron chi connectivity index (χ0n) is 19.6. The predicted molar refractivity (Wildman–Crippen MR) is 133 cm³/mol. The van der Waals surface area contributed by atoms with Gasteiger partial charge < -0.3 is 9.15 Å². The number of carbonyl (C=O) groups excluding carboxylic acids is 1. The Morgan fingerprint density at radius 3 is 2.50 bits per heavy atom. The molecule has 0 amide bonds. The Morgan fingerprint density at radius 1 is 1.09 bits per heavy atom. The molecule has 2 heterocycles. The molecule has 0 aliphatic rings. The Balaban J connectivity index is 1.71. The van der Waals surface area contributed by atoms with E-state index in [4.69, 9.17) is 26.5 Å². The first-order valence-electron chi connectivity index (χ1n) is 11.1. The number of furan rings is 1. The van der Waals surface area contributed by atoms with Crippen LogP contribution in [0.1, 0.15) is 22.5 Å². The van der Waals surface area contributed by atoms with Gasteiger partial charge in [0.2, 0.25) is 0 Å². The van der Waals surface area contributed by atoms with Crippen molar-refractivity contribution in [3.05, 3.63) is 94.1 Å².